The SMILES string of the molecule is C[N+]1(C)CCC2(CC1)OC(=O)C(c1ccccc1)(c1ccc(Cl)c(Cl)c1)O2.[I-]. The fraction of sp³-hybridized carbons (Fsp3) is 0.381. The average molecular weight is 534 g/mol. The van der Waals surface area contributed by atoms with Gasteiger partial charge in [0.2, 0.25) is 11.4 Å². The molecule has 7 heteroatoms. The lowest BCUT2D eigenvalue weighted by Crippen LogP contribution is -3.00. The Morgan fingerprint density at radius 2 is 1.57 bits per heavy atom. The first-order valence-electron chi connectivity index (χ1n) is 9.03. The molecule has 2 aliphatic heterocycles. The molecule has 4 rings (SSSR count). The normalized spacial score (nSPS) is 25.2. The van der Waals surface area contributed by atoms with E-state index in [1.807, 2.05) is 30.3 Å². The molecule has 4 nitrogen and oxygen atoms in total. The van der Waals surface area contributed by atoms with Crippen LogP contribution < -0.4 is 24.0 Å². The fourth-order valence-corrected chi connectivity index (χ4v) is 4.18. The highest BCUT2D eigenvalue weighted by Crippen LogP contribution is 2.49. The molecule has 28 heavy (non-hydrogen) atoms. The Bertz CT molecular complexity index is 880. The lowest BCUT2D eigenvalue weighted by atomic mass is 9.86. The summed E-state index contributed by atoms with van der Waals surface area (Å²) in [5, 5.41) is 0.810. The van der Waals surface area contributed by atoms with Gasteiger partial charge in [-0.25, -0.2) is 4.79 Å². The number of carbonyl (C=O) groups excluding carboxylic acids is 1. The first kappa shape index (κ1) is 21.8. The van der Waals surface area contributed by atoms with Crippen molar-refractivity contribution in [1.29, 1.82) is 0 Å². The van der Waals surface area contributed by atoms with Gasteiger partial charge in [0.1, 0.15) is 0 Å². The number of esters is 1. The van der Waals surface area contributed by atoms with Crippen LogP contribution in [-0.4, -0.2) is 43.4 Å². The van der Waals surface area contributed by atoms with Crippen LogP contribution in [0.4, 0.5) is 0 Å². The van der Waals surface area contributed by atoms with Gasteiger partial charge >= 0.3 is 5.97 Å². The summed E-state index contributed by atoms with van der Waals surface area (Å²) >= 11 is 12.4. The molecule has 2 saturated heterocycles. The standard InChI is InChI=1S/C21H22Cl2NO3.HI/c1-24(2)12-10-20(11-13-24)26-19(25)21(27-20,15-6-4-3-5-7-15)16-8-9-17(22)18(23)14-16;/h3-9,14H,10-13H2,1-2H3;1H/q+1;/p-1. The minimum absolute atomic E-state index is 0. The summed E-state index contributed by atoms with van der Waals surface area (Å²) in [4.78, 5) is 13.3. The van der Waals surface area contributed by atoms with Gasteiger partial charge in [0.15, 0.2) is 0 Å². The molecule has 2 heterocycles. The highest BCUT2D eigenvalue weighted by molar-refractivity contribution is 6.42. The number of ether oxygens (including phenoxy) is 2. The molecule has 0 radical (unpaired) electrons. The number of benzene rings is 2. The summed E-state index contributed by atoms with van der Waals surface area (Å²) in [5.41, 5.74) is 0.0122. The quantitative estimate of drug-likeness (QED) is 0.332. The van der Waals surface area contributed by atoms with E-state index in [-0.39, 0.29) is 24.0 Å². The molecule has 0 bridgehead atoms. The molecule has 1 atom stereocenters. The van der Waals surface area contributed by atoms with Crippen molar-refractivity contribution in [2.75, 3.05) is 27.2 Å². The van der Waals surface area contributed by atoms with E-state index >= 15 is 0 Å². The van der Waals surface area contributed by atoms with E-state index in [0.717, 1.165) is 23.1 Å². The molecule has 0 aliphatic carbocycles. The lowest BCUT2D eigenvalue weighted by Gasteiger charge is -2.41. The fourth-order valence-electron chi connectivity index (χ4n) is 3.88. The van der Waals surface area contributed by atoms with Crippen molar-refractivity contribution in [3.8, 4) is 0 Å². The van der Waals surface area contributed by atoms with Crippen molar-refractivity contribution in [3.63, 3.8) is 0 Å². The third-order valence-corrected chi connectivity index (χ3v) is 6.35. The van der Waals surface area contributed by atoms with E-state index in [1.165, 1.54) is 0 Å². The lowest BCUT2D eigenvalue weighted by molar-refractivity contribution is -0.898. The number of carbonyl (C=O) groups is 1. The zero-order valence-electron chi connectivity index (χ0n) is 15.8. The van der Waals surface area contributed by atoms with Gasteiger partial charge in [0.25, 0.3) is 0 Å². The largest absolute Gasteiger partial charge is 1.00 e. The Balaban J connectivity index is 0.00000225. The van der Waals surface area contributed by atoms with E-state index in [1.54, 1.807) is 18.2 Å². The molecule has 0 aromatic heterocycles. The molecular weight excluding hydrogens is 512 g/mol. The predicted octanol–water partition coefficient (Wildman–Crippen LogP) is 1.38. The highest BCUT2D eigenvalue weighted by atomic mass is 127. The Morgan fingerprint density at radius 1 is 0.929 bits per heavy atom. The van der Waals surface area contributed by atoms with Crippen molar-refractivity contribution < 1.29 is 42.7 Å². The first-order chi connectivity index (χ1) is 12.8. The molecule has 0 amide bonds. The molecule has 2 fully saturated rings. The van der Waals surface area contributed by atoms with Crippen LogP contribution in [0.2, 0.25) is 10.0 Å². The molecular formula is C21H22Cl2INO3. The van der Waals surface area contributed by atoms with Gasteiger partial charge in [0.05, 0.1) is 50.1 Å². The van der Waals surface area contributed by atoms with Crippen LogP contribution in [0.25, 0.3) is 0 Å². The van der Waals surface area contributed by atoms with Crippen molar-refractivity contribution >= 4 is 29.2 Å². The van der Waals surface area contributed by atoms with Crippen molar-refractivity contribution in [2.45, 2.75) is 24.2 Å². The topological polar surface area (TPSA) is 35.5 Å². The zero-order valence-corrected chi connectivity index (χ0v) is 19.4. The summed E-state index contributed by atoms with van der Waals surface area (Å²) in [7, 11) is 4.35. The zero-order chi connectivity index (χ0) is 19.3. The Hall–Kier alpha value is -0.860. The smallest absolute Gasteiger partial charge is 0.350 e. The van der Waals surface area contributed by atoms with Crippen LogP contribution in [0.15, 0.2) is 48.5 Å². The van der Waals surface area contributed by atoms with Crippen LogP contribution in [0, 0.1) is 0 Å². The monoisotopic (exact) mass is 533 g/mol. The van der Waals surface area contributed by atoms with E-state index in [9.17, 15) is 4.79 Å². The number of rotatable bonds is 2. The molecule has 2 aromatic carbocycles. The van der Waals surface area contributed by atoms with Crippen LogP contribution >= 0.6 is 23.2 Å². The van der Waals surface area contributed by atoms with E-state index in [2.05, 4.69) is 14.1 Å². The van der Waals surface area contributed by atoms with Gasteiger partial charge in [-0.15, -0.1) is 0 Å². The van der Waals surface area contributed by atoms with Crippen LogP contribution in [0.3, 0.4) is 0 Å². The van der Waals surface area contributed by atoms with Gasteiger partial charge in [-0.1, -0.05) is 59.6 Å². The number of halogens is 3. The van der Waals surface area contributed by atoms with Crippen LogP contribution in [0.1, 0.15) is 24.0 Å². The molecule has 1 unspecified atom stereocenters. The van der Waals surface area contributed by atoms with Crippen molar-refractivity contribution in [3.05, 3.63) is 69.7 Å². The summed E-state index contributed by atoms with van der Waals surface area (Å²) in [6.07, 6.45) is 1.31. The minimum atomic E-state index is -1.34. The van der Waals surface area contributed by atoms with E-state index in [4.69, 9.17) is 32.7 Å². The third kappa shape index (κ3) is 3.67. The molecule has 0 saturated carbocycles. The third-order valence-electron chi connectivity index (χ3n) is 5.61. The van der Waals surface area contributed by atoms with Crippen molar-refractivity contribution in [1.82, 2.24) is 0 Å². The maximum atomic E-state index is 13.3. The van der Waals surface area contributed by atoms with Gasteiger partial charge in [-0.05, 0) is 17.7 Å². The second kappa shape index (κ2) is 7.76. The molecule has 2 aliphatic rings. The summed E-state index contributed by atoms with van der Waals surface area (Å²) in [6, 6.07) is 14.6. The molecule has 150 valence electrons. The summed E-state index contributed by atoms with van der Waals surface area (Å²) < 4.78 is 13.4. The number of quaternary nitrogens is 1. The molecule has 0 N–H and O–H groups in total. The predicted molar refractivity (Wildman–Crippen MR) is 105 cm³/mol. The summed E-state index contributed by atoms with van der Waals surface area (Å²) in [6.45, 7) is 1.75. The molecule has 1 spiro atoms. The number of likely N-dealkylation sites (tertiary alicyclic amines) is 1. The van der Waals surface area contributed by atoms with E-state index in [0.29, 0.717) is 28.5 Å². The Kier molecular flexibility index (Phi) is 6.05. The number of piperidine rings is 1. The van der Waals surface area contributed by atoms with Gasteiger partial charge in [-0.2, -0.15) is 0 Å². The number of hydrogen-bond acceptors (Lipinski definition) is 3. The van der Waals surface area contributed by atoms with Gasteiger partial charge in [-0.3, -0.25) is 0 Å². The second-order valence-electron chi connectivity index (χ2n) is 7.96. The van der Waals surface area contributed by atoms with Crippen LogP contribution in [-0.2, 0) is 19.9 Å². The molecule has 2 aromatic rings. The Labute approximate surface area is 192 Å². The summed E-state index contributed by atoms with van der Waals surface area (Å²) in [5.74, 6) is -1.31. The number of hydrogen-bond donors (Lipinski definition) is 0. The maximum absolute atomic E-state index is 13.3. The Morgan fingerprint density at radius 3 is 2.18 bits per heavy atom. The second-order valence-corrected chi connectivity index (χ2v) is 8.78. The average Bonchev–Trinajstić information content (AvgIpc) is 2.95. The van der Waals surface area contributed by atoms with Gasteiger partial charge < -0.3 is 37.9 Å². The first-order valence-corrected chi connectivity index (χ1v) is 9.79. The maximum Gasteiger partial charge on any atom is 0.350 e. The number of nitrogens with zero attached hydrogens (tertiary/aromatic N) is 1. The highest BCUT2D eigenvalue weighted by Gasteiger charge is 2.61. The minimum Gasteiger partial charge on any atom is -1.00 e. The van der Waals surface area contributed by atoms with Gasteiger partial charge in [0, 0.05) is 5.56 Å². The van der Waals surface area contributed by atoms with E-state index < -0.39 is 17.4 Å². The van der Waals surface area contributed by atoms with Crippen LogP contribution in [0.5, 0.6) is 0 Å². The van der Waals surface area contributed by atoms with Crippen molar-refractivity contribution in [2.24, 2.45) is 0 Å².